The van der Waals surface area contributed by atoms with Crippen LogP contribution >= 0.6 is 43.2 Å². The minimum Gasteiger partial charge on any atom is -0.0973 e. The maximum absolute atomic E-state index is 2.18. The van der Waals surface area contributed by atoms with Crippen molar-refractivity contribution in [2.75, 3.05) is 12.5 Å². The van der Waals surface area contributed by atoms with E-state index in [4.69, 9.17) is 0 Å². The number of hydrogen-bond donors (Lipinski definition) is 0. The highest BCUT2D eigenvalue weighted by Gasteiger charge is 2.14. The van der Waals surface area contributed by atoms with Gasteiger partial charge in [-0.2, -0.15) is 0 Å². The Labute approximate surface area is 123 Å². The Morgan fingerprint density at radius 2 is 0.941 bits per heavy atom. The number of hydrogen-bond acceptors (Lipinski definition) is 4. The van der Waals surface area contributed by atoms with Crippen molar-refractivity contribution in [1.82, 2.24) is 0 Å². The maximum atomic E-state index is 2.18. The number of rotatable bonds is 4. The van der Waals surface area contributed by atoms with Crippen LogP contribution in [-0.4, -0.2) is 23.0 Å². The van der Waals surface area contributed by atoms with Crippen LogP contribution in [0, 0.1) is 0 Å². The van der Waals surface area contributed by atoms with E-state index in [1.54, 1.807) is 0 Å². The highest BCUT2D eigenvalue weighted by atomic mass is 33.1. The van der Waals surface area contributed by atoms with Crippen molar-refractivity contribution in [2.24, 2.45) is 0 Å². The summed E-state index contributed by atoms with van der Waals surface area (Å²) < 4.78 is 0. The van der Waals surface area contributed by atoms with Gasteiger partial charge >= 0.3 is 0 Å². The first-order valence-electron chi connectivity index (χ1n) is 6.75. The van der Waals surface area contributed by atoms with Gasteiger partial charge in [0.1, 0.15) is 0 Å². The molecule has 0 saturated heterocycles. The highest BCUT2D eigenvalue weighted by molar-refractivity contribution is 8.77. The smallest absolute Gasteiger partial charge is 0.0151 e. The van der Waals surface area contributed by atoms with Gasteiger partial charge in [-0.1, -0.05) is 75.3 Å². The van der Waals surface area contributed by atoms with E-state index in [0.717, 1.165) is 10.5 Å². The Morgan fingerprint density at radius 3 is 1.29 bits per heavy atom. The van der Waals surface area contributed by atoms with Gasteiger partial charge in [0.2, 0.25) is 0 Å². The average molecular weight is 311 g/mol. The molecule has 0 radical (unpaired) electrons. The van der Waals surface area contributed by atoms with Gasteiger partial charge in [0.15, 0.2) is 0 Å². The Morgan fingerprint density at radius 1 is 0.588 bits per heavy atom. The van der Waals surface area contributed by atoms with Gasteiger partial charge in [-0.15, -0.1) is 0 Å². The van der Waals surface area contributed by atoms with E-state index in [2.05, 4.69) is 34.1 Å². The minimum absolute atomic E-state index is 0.980. The SMILES string of the molecule is CSSC1CCCC1.CSSC1CCCCC1. The summed E-state index contributed by atoms with van der Waals surface area (Å²) in [5.74, 6) is 0. The third-order valence-corrected chi connectivity index (χ3v) is 7.98. The summed E-state index contributed by atoms with van der Waals surface area (Å²) in [5.41, 5.74) is 0. The van der Waals surface area contributed by atoms with Gasteiger partial charge in [-0.25, -0.2) is 0 Å². The fourth-order valence-electron chi connectivity index (χ4n) is 2.42. The van der Waals surface area contributed by atoms with E-state index in [1.807, 2.05) is 21.6 Å². The minimum atomic E-state index is 0.980. The first-order valence-corrected chi connectivity index (χ1v) is 12.0. The lowest BCUT2D eigenvalue weighted by molar-refractivity contribution is 0.517. The molecule has 0 aromatic carbocycles. The molecule has 4 heteroatoms. The second kappa shape index (κ2) is 11.2. The maximum Gasteiger partial charge on any atom is 0.0151 e. The molecule has 0 unspecified atom stereocenters. The van der Waals surface area contributed by atoms with Crippen molar-refractivity contribution < 1.29 is 0 Å². The molecule has 0 amide bonds. The molecular weight excluding hydrogens is 284 g/mol. The molecule has 0 aliphatic heterocycles. The molecule has 2 aliphatic rings. The Hall–Kier alpha value is 1.40. The van der Waals surface area contributed by atoms with Crippen LogP contribution < -0.4 is 0 Å². The molecule has 0 aromatic rings. The van der Waals surface area contributed by atoms with Crippen LogP contribution in [0.15, 0.2) is 0 Å². The summed E-state index contributed by atoms with van der Waals surface area (Å²) in [6.07, 6.45) is 17.6. The summed E-state index contributed by atoms with van der Waals surface area (Å²) in [5, 5.41) is 1.97. The van der Waals surface area contributed by atoms with Crippen molar-refractivity contribution >= 4 is 43.2 Å². The molecule has 0 heterocycles. The topological polar surface area (TPSA) is 0 Å². The predicted molar refractivity (Wildman–Crippen MR) is 91.3 cm³/mol. The Kier molecular flexibility index (Phi) is 10.9. The normalized spacial score (nSPS) is 22.2. The highest BCUT2D eigenvalue weighted by Crippen LogP contribution is 2.35. The lowest BCUT2D eigenvalue weighted by Gasteiger charge is -2.19. The van der Waals surface area contributed by atoms with Gasteiger partial charge in [-0.05, 0) is 38.2 Å². The molecule has 0 nitrogen and oxygen atoms in total. The molecule has 102 valence electrons. The lowest BCUT2D eigenvalue weighted by Crippen LogP contribution is -2.05. The summed E-state index contributed by atoms with van der Waals surface area (Å²) in [7, 11) is 7.96. The molecule has 2 fully saturated rings. The third-order valence-electron chi connectivity index (χ3n) is 3.32. The van der Waals surface area contributed by atoms with Gasteiger partial charge in [-0.3, -0.25) is 0 Å². The van der Waals surface area contributed by atoms with Crippen LogP contribution in [0.1, 0.15) is 57.8 Å². The Bertz CT molecular complexity index is 160. The summed E-state index contributed by atoms with van der Waals surface area (Å²) in [6, 6.07) is 0. The fourth-order valence-corrected chi connectivity index (χ4v) is 6.80. The zero-order chi connectivity index (χ0) is 12.3. The van der Waals surface area contributed by atoms with Crippen molar-refractivity contribution in [3.05, 3.63) is 0 Å². The second-order valence-corrected chi connectivity index (χ2v) is 10.2. The summed E-state index contributed by atoms with van der Waals surface area (Å²) >= 11 is 0. The van der Waals surface area contributed by atoms with Crippen LogP contribution in [0.5, 0.6) is 0 Å². The molecule has 0 spiro atoms. The van der Waals surface area contributed by atoms with Crippen molar-refractivity contribution in [1.29, 1.82) is 0 Å². The molecular formula is C13H26S4. The molecule has 2 saturated carbocycles. The van der Waals surface area contributed by atoms with Gasteiger partial charge < -0.3 is 0 Å². The molecule has 2 rings (SSSR count). The molecule has 0 N–H and O–H groups in total. The van der Waals surface area contributed by atoms with E-state index < -0.39 is 0 Å². The molecule has 0 aromatic heterocycles. The largest absolute Gasteiger partial charge is 0.0973 e. The van der Waals surface area contributed by atoms with E-state index in [0.29, 0.717) is 0 Å². The van der Waals surface area contributed by atoms with Crippen molar-refractivity contribution in [2.45, 2.75) is 68.3 Å². The first kappa shape index (κ1) is 16.5. The van der Waals surface area contributed by atoms with Crippen LogP contribution in [-0.2, 0) is 0 Å². The molecule has 2 aliphatic carbocycles. The fraction of sp³-hybridized carbons (Fsp3) is 1.00. The third kappa shape index (κ3) is 8.22. The van der Waals surface area contributed by atoms with E-state index >= 15 is 0 Å². The van der Waals surface area contributed by atoms with Crippen LogP contribution in [0.4, 0.5) is 0 Å². The van der Waals surface area contributed by atoms with Crippen LogP contribution in [0.3, 0.4) is 0 Å². The average Bonchev–Trinajstić information content (AvgIpc) is 2.85. The monoisotopic (exact) mass is 310 g/mol. The Balaban J connectivity index is 0.000000171. The standard InChI is InChI=1S/C7H14S2.C6H12S2/c1-8-9-7-5-3-2-4-6-7;1-7-8-6-4-2-3-5-6/h7H,2-6H2,1H3;6H,2-5H2,1H3. The van der Waals surface area contributed by atoms with Crippen molar-refractivity contribution in [3.8, 4) is 0 Å². The van der Waals surface area contributed by atoms with Crippen LogP contribution in [0.2, 0.25) is 0 Å². The van der Waals surface area contributed by atoms with Gasteiger partial charge in [0.25, 0.3) is 0 Å². The second-order valence-electron chi connectivity index (χ2n) is 4.69. The van der Waals surface area contributed by atoms with Gasteiger partial charge in [0, 0.05) is 10.5 Å². The molecule has 0 atom stereocenters. The lowest BCUT2D eigenvalue weighted by atomic mass is 10.0. The van der Waals surface area contributed by atoms with E-state index in [9.17, 15) is 0 Å². The molecule has 0 bridgehead atoms. The summed E-state index contributed by atoms with van der Waals surface area (Å²) in [6.45, 7) is 0. The molecule has 17 heavy (non-hydrogen) atoms. The first-order chi connectivity index (χ1) is 8.36. The van der Waals surface area contributed by atoms with E-state index in [-0.39, 0.29) is 0 Å². The summed E-state index contributed by atoms with van der Waals surface area (Å²) in [4.78, 5) is 0. The zero-order valence-corrected chi connectivity index (χ0v) is 14.4. The van der Waals surface area contributed by atoms with Gasteiger partial charge in [0.05, 0.1) is 0 Å². The van der Waals surface area contributed by atoms with Crippen molar-refractivity contribution in [3.63, 3.8) is 0 Å². The zero-order valence-electron chi connectivity index (χ0n) is 11.2. The predicted octanol–water partition coefficient (Wildman–Crippen LogP) is 6.27. The quantitative estimate of drug-likeness (QED) is 0.561. The van der Waals surface area contributed by atoms with E-state index in [1.165, 1.54) is 57.8 Å². The van der Waals surface area contributed by atoms with Crippen LogP contribution in [0.25, 0.3) is 0 Å².